The van der Waals surface area contributed by atoms with Crippen molar-refractivity contribution >= 4 is 114 Å². The van der Waals surface area contributed by atoms with E-state index < -0.39 is 34.9 Å². The molecule has 0 aliphatic heterocycles. The lowest BCUT2D eigenvalue weighted by atomic mass is 9.99. The summed E-state index contributed by atoms with van der Waals surface area (Å²) >= 11 is 0. The molecule has 312 valence electrons. The first-order chi connectivity index (χ1) is 32.2. The van der Waals surface area contributed by atoms with E-state index in [1.165, 1.54) is 0 Å². The maximum Gasteiger partial charge on any atom is 0.159 e. The fourth-order valence-corrected chi connectivity index (χ4v) is 10.1. The third-order valence-electron chi connectivity index (χ3n) is 13.0. The van der Waals surface area contributed by atoms with E-state index in [4.69, 9.17) is 15.0 Å². The Balaban J connectivity index is 1.40. The summed E-state index contributed by atoms with van der Waals surface area (Å²) in [7, 11) is 0. The van der Waals surface area contributed by atoms with Gasteiger partial charge in [-0.15, -0.1) is 0 Å². The fraction of sp³-hybridized carbons (Fsp3) is 0. The Hall–Kier alpha value is -8.43. The number of hydrogen-bond acceptors (Lipinski definition) is 3. The van der Waals surface area contributed by atoms with Crippen molar-refractivity contribution in [2.24, 2.45) is 15.0 Å². The minimum absolute atomic E-state index is 0.217. The number of halogens is 6. The Morgan fingerprint density at radius 3 is 0.758 bits per heavy atom. The van der Waals surface area contributed by atoms with Gasteiger partial charge in [0, 0.05) is 64.6 Å². The lowest BCUT2D eigenvalue weighted by Gasteiger charge is -2.05. The first-order valence-corrected chi connectivity index (χ1v) is 21.2. The Morgan fingerprint density at radius 1 is 0.227 bits per heavy atom. The van der Waals surface area contributed by atoms with Crippen molar-refractivity contribution in [2.45, 2.75) is 0 Å². The van der Waals surface area contributed by atoms with Crippen LogP contribution in [0.5, 0.6) is 0 Å². The number of nitrogens with zero attached hydrogens (tertiary/aromatic N) is 3. The molecule has 13 aromatic rings. The number of hydrogen-bond donors (Lipinski definition) is 0. The highest BCUT2D eigenvalue weighted by Crippen LogP contribution is 2.45. The van der Waals surface area contributed by atoms with Gasteiger partial charge in [0.2, 0.25) is 0 Å². The molecule has 0 radical (unpaired) electrons. The molecule has 0 aliphatic carbocycles. The molecule has 0 N–H and O–H groups in total. The quantitative estimate of drug-likeness (QED) is 0.159. The van der Waals surface area contributed by atoms with Crippen LogP contribution in [0.1, 0.15) is 0 Å². The van der Waals surface area contributed by atoms with Gasteiger partial charge in [-0.2, -0.15) is 0 Å². The summed E-state index contributed by atoms with van der Waals surface area (Å²) in [6.45, 7) is 0. The zero-order chi connectivity index (χ0) is 44.5. The molecule has 0 heterocycles. The van der Waals surface area contributed by atoms with Crippen LogP contribution in [0.2, 0.25) is 0 Å². The van der Waals surface area contributed by atoms with Gasteiger partial charge in [-0.25, -0.2) is 41.3 Å². The van der Waals surface area contributed by atoms with Crippen molar-refractivity contribution in [3.05, 3.63) is 215 Å². The van der Waals surface area contributed by atoms with E-state index in [1.54, 1.807) is 0 Å². The van der Waals surface area contributed by atoms with Gasteiger partial charge in [0.15, 0.2) is 34.9 Å². The van der Waals surface area contributed by atoms with Crippen molar-refractivity contribution in [3.63, 3.8) is 0 Å². The van der Waals surface area contributed by atoms with Crippen LogP contribution >= 0.6 is 0 Å². The van der Waals surface area contributed by atoms with Crippen LogP contribution in [-0.2, 0) is 0 Å². The summed E-state index contributed by atoms with van der Waals surface area (Å²) in [4.78, 5) is 15.9. The maximum atomic E-state index is 16.0. The molecule has 0 bridgehead atoms. The first-order valence-electron chi connectivity index (χ1n) is 21.2. The van der Waals surface area contributed by atoms with Crippen LogP contribution in [0.15, 0.2) is 179 Å². The van der Waals surface area contributed by atoms with Crippen molar-refractivity contribution in [3.8, 4) is 0 Å². The van der Waals surface area contributed by atoms with Crippen LogP contribution in [-0.4, -0.2) is 0 Å². The molecule has 9 heteroatoms. The van der Waals surface area contributed by atoms with E-state index in [2.05, 4.69) is 0 Å². The number of benzene rings is 10. The molecule has 0 fully saturated rings. The van der Waals surface area contributed by atoms with Gasteiger partial charge < -0.3 is 0 Å². The highest BCUT2D eigenvalue weighted by molar-refractivity contribution is 6.42. The Labute approximate surface area is 368 Å². The molecule has 0 aliphatic rings. The summed E-state index contributed by atoms with van der Waals surface area (Å²) in [5.74, 6) is -6.84. The van der Waals surface area contributed by atoms with Gasteiger partial charge in [0.25, 0.3) is 0 Å². The predicted octanol–water partition coefficient (Wildman–Crippen LogP) is 14.9. The third kappa shape index (κ3) is 5.43. The van der Waals surface area contributed by atoms with Gasteiger partial charge in [0.05, 0.1) is 33.1 Å². The normalized spacial score (nSPS) is 13.3. The molecule has 0 saturated carbocycles. The average Bonchev–Trinajstić information content (AvgIpc) is 3.91. The molecule has 0 aromatic heterocycles. The van der Waals surface area contributed by atoms with Crippen LogP contribution in [0.4, 0.5) is 43.4 Å². The van der Waals surface area contributed by atoms with Crippen LogP contribution in [0.25, 0.3) is 97.0 Å². The molecule has 66 heavy (non-hydrogen) atoms. The van der Waals surface area contributed by atoms with Crippen LogP contribution in [0.3, 0.4) is 0 Å². The average molecular weight is 868 g/mol. The fourth-order valence-electron chi connectivity index (χ4n) is 10.1. The first kappa shape index (κ1) is 38.1. The van der Waals surface area contributed by atoms with E-state index in [0.717, 1.165) is 68.7 Å². The smallest absolute Gasteiger partial charge is 0.159 e. The third-order valence-corrected chi connectivity index (χ3v) is 13.0. The zero-order valence-corrected chi connectivity index (χ0v) is 34.2. The van der Waals surface area contributed by atoms with Gasteiger partial charge in [-0.1, -0.05) is 109 Å². The van der Waals surface area contributed by atoms with Crippen LogP contribution in [0, 0.1) is 34.9 Å². The molecule has 0 atom stereocenters. The second-order valence-corrected chi connectivity index (χ2v) is 16.6. The summed E-state index contributed by atoms with van der Waals surface area (Å²) in [6.07, 6.45) is 0. The molecule has 13 rings (SSSR count). The largest absolute Gasteiger partial charge is 0.247 e. The summed E-state index contributed by atoms with van der Waals surface area (Å²) < 4.78 is 95.4. The van der Waals surface area contributed by atoms with Crippen molar-refractivity contribution < 1.29 is 26.3 Å². The lowest BCUT2D eigenvalue weighted by molar-refractivity contribution is 0.511. The van der Waals surface area contributed by atoms with Crippen molar-refractivity contribution in [2.75, 3.05) is 0 Å². The van der Waals surface area contributed by atoms with E-state index in [9.17, 15) is 0 Å². The van der Waals surface area contributed by atoms with Gasteiger partial charge >= 0.3 is 0 Å². The monoisotopic (exact) mass is 867 g/mol. The Kier molecular flexibility index (Phi) is 8.09. The second kappa shape index (κ2) is 14.0. The molecular formula is C57H27F6N3. The molecular weight excluding hydrogens is 841 g/mol. The predicted molar refractivity (Wildman–Crippen MR) is 252 cm³/mol. The Bertz CT molecular complexity index is 3990. The SMILES string of the molecule is Fc1cc2c(=Nc3cccc4ccccc34)c3c(c2cc1F)c1c(=Nc2cccc4ccccc24)c2cc(F)c(F)cc2c1c1c(=Nc2cccc4ccccc24)c2cc(F)c(F)cc2c31. The molecule has 3 nitrogen and oxygen atoms in total. The lowest BCUT2D eigenvalue weighted by Crippen LogP contribution is -2.04. The van der Waals surface area contributed by atoms with E-state index in [-0.39, 0.29) is 48.4 Å². The van der Waals surface area contributed by atoms with Crippen molar-refractivity contribution in [1.82, 2.24) is 0 Å². The second-order valence-electron chi connectivity index (χ2n) is 16.6. The standard InChI is InChI=1S/C57H27F6N3/c58-40-22-34-37(25-43(40)61)55(64-46-19-7-13-28-10-1-4-16-31(28)46)52-49(34)53-51(36-24-42(60)45(63)27-39(36)57(53)66-48-21-9-15-30-12-3-6-18-33(30)48)54-50(52)35-23-41(59)44(62)26-38(35)56(54)65-47-20-8-14-29-11-2-5-17-32(29)47/h1-27H. The van der Waals surface area contributed by atoms with Gasteiger partial charge in [-0.3, -0.25) is 0 Å². The summed E-state index contributed by atoms with van der Waals surface area (Å²) in [5, 5.41) is 8.91. The van der Waals surface area contributed by atoms with Gasteiger partial charge in [0.1, 0.15) is 0 Å². The zero-order valence-electron chi connectivity index (χ0n) is 34.2. The molecule has 0 unspecified atom stereocenters. The summed E-state index contributed by atoms with van der Waals surface area (Å²) in [6, 6.07) is 46.1. The highest BCUT2D eigenvalue weighted by atomic mass is 19.2. The van der Waals surface area contributed by atoms with Crippen molar-refractivity contribution in [1.29, 1.82) is 0 Å². The topological polar surface area (TPSA) is 37.1 Å². The molecule has 0 amide bonds. The number of rotatable bonds is 3. The van der Waals surface area contributed by atoms with E-state index in [1.807, 2.05) is 127 Å². The molecule has 0 spiro atoms. The molecule has 0 saturated heterocycles. The van der Waals surface area contributed by atoms with Gasteiger partial charge in [-0.05, 0) is 86.9 Å². The minimum atomic E-state index is -1.15. The maximum absolute atomic E-state index is 16.0. The molecule has 13 aromatic carbocycles. The van der Waals surface area contributed by atoms with E-state index in [0.29, 0.717) is 49.4 Å². The minimum Gasteiger partial charge on any atom is -0.247 e. The highest BCUT2D eigenvalue weighted by Gasteiger charge is 2.28. The Morgan fingerprint density at radius 2 is 0.470 bits per heavy atom. The number of fused-ring (bicyclic) bond motifs is 15. The van der Waals surface area contributed by atoms with E-state index >= 15 is 26.3 Å². The summed E-state index contributed by atoms with van der Waals surface area (Å²) in [5.41, 5.74) is 1.52. The van der Waals surface area contributed by atoms with Crippen LogP contribution < -0.4 is 16.1 Å².